The molecule has 3 atom stereocenters. The Morgan fingerprint density at radius 2 is 1.82 bits per heavy atom. The lowest BCUT2D eigenvalue weighted by Gasteiger charge is -2.19. The Morgan fingerprint density at radius 3 is 2.29 bits per heavy atom. The molecule has 28 heavy (non-hydrogen) atoms. The van der Waals surface area contributed by atoms with Crippen LogP contribution in [0.1, 0.15) is 34.1 Å². The van der Waals surface area contributed by atoms with Crippen LogP contribution >= 0.6 is 0 Å². The predicted molar refractivity (Wildman–Crippen MR) is 91.3 cm³/mol. The van der Waals surface area contributed by atoms with Crippen LogP contribution in [0.4, 0.5) is 13.2 Å². The number of hydrogen-bond donors (Lipinski definition) is 1. The van der Waals surface area contributed by atoms with Gasteiger partial charge in [0, 0.05) is 25.2 Å². The van der Waals surface area contributed by atoms with Crippen molar-refractivity contribution < 1.29 is 27.9 Å². The third-order valence-corrected chi connectivity index (χ3v) is 5.59. The van der Waals surface area contributed by atoms with Crippen molar-refractivity contribution in [2.24, 2.45) is 17.8 Å². The highest BCUT2D eigenvalue weighted by molar-refractivity contribution is 5.88. The summed E-state index contributed by atoms with van der Waals surface area (Å²) < 4.78 is 39.7. The standard InChI is InChI=1S/C19H18F3N3O3/c1-10-13-8-24(17(26)15(10)13)6-11-2-4-12(5-3-11)7-25-9-14(18(27)28)16(23-25)19(20,21)22/h2-5,9-10,13,15H,6-8H2,1H3,(H,27,28)/t10-,13?,15?/m1/s1. The maximum absolute atomic E-state index is 12.9. The summed E-state index contributed by atoms with van der Waals surface area (Å²) in [6.07, 6.45) is -3.95. The fraction of sp³-hybridized carbons (Fsp3) is 0.421. The molecule has 1 amide bonds. The summed E-state index contributed by atoms with van der Waals surface area (Å²) in [5.41, 5.74) is -0.656. The molecule has 0 spiro atoms. The molecular formula is C19H18F3N3O3. The Morgan fingerprint density at radius 1 is 1.21 bits per heavy atom. The number of benzene rings is 1. The van der Waals surface area contributed by atoms with E-state index in [0.717, 1.165) is 23.0 Å². The molecule has 1 aliphatic heterocycles. The molecule has 2 fully saturated rings. The molecule has 2 aromatic rings. The van der Waals surface area contributed by atoms with Gasteiger partial charge in [-0.3, -0.25) is 9.48 Å². The van der Waals surface area contributed by atoms with Crippen molar-refractivity contribution in [2.45, 2.75) is 26.2 Å². The smallest absolute Gasteiger partial charge is 0.436 e. The van der Waals surface area contributed by atoms with Gasteiger partial charge in [-0.1, -0.05) is 31.2 Å². The minimum Gasteiger partial charge on any atom is -0.478 e. The first-order valence-corrected chi connectivity index (χ1v) is 8.89. The highest BCUT2D eigenvalue weighted by Crippen LogP contribution is 2.52. The predicted octanol–water partition coefficient (Wildman–Crippen LogP) is 2.87. The summed E-state index contributed by atoms with van der Waals surface area (Å²) >= 11 is 0. The molecule has 2 aliphatic rings. The van der Waals surface area contributed by atoms with Crippen molar-refractivity contribution in [3.8, 4) is 0 Å². The fourth-order valence-corrected chi connectivity index (χ4v) is 3.96. The van der Waals surface area contributed by atoms with Crippen LogP contribution in [-0.2, 0) is 24.1 Å². The molecule has 2 heterocycles. The van der Waals surface area contributed by atoms with Crippen LogP contribution in [-0.4, -0.2) is 38.2 Å². The van der Waals surface area contributed by atoms with Crippen molar-refractivity contribution in [1.82, 2.24) is 14.7 Å². The van der Waals surface area contributed by atoms with Gasteiger partial charge in [-0.15, -0.1) is 0 Å². The Hall–Kier alpha value is -2.84. The van der Waals surface area contributed by atoms with Crippen LogP contribution in [0.5, 0.6) is 0 Å². The Kier molecular flexibility index (Phi) is 4.20. The van der Waals surface area contributed by atoms with Crippen molar-refractivity contribution in [2.75, 3.05) is 6.54 Å². The van der Waals surface area contributed by atoms with E-state index < -0.39 is 23.4 Å². The van der Waals surface area contributed by atoms with Gasteiger partial charge in [0.15, 0.2) is 5.69 Å². The number of carboxylic acid groups (broad SMARTS) is 1. The Balaban J connectivity index is 1.44. The van der Waals surface area contributed by atoms with Crippen LogP contribution in [0.15, 0.2) is 30.5 Å². The van der Waals surface area contributed by atoms with E-state index in [4.69, 9.17) is 5.11 Å². The van der Waals surface area contributed by atoms with Gasteiger partial charge in [0.05, 0.1) is 6.54 Å². The second-order valence-electron chi connectivity index (χ2n) is 7.48. The summed E-state index contributed by atoms with van der Waals surface area (Å²) in [5, 5.41) is 12.3. The summed E-state index contributed by atoms with van der Waals surface area (Å²) in [5.74, 6) is -0.351. The van der Waals surface area contributed by atoms with E-state index in [0.29, 0.717) is 23.9 Å². The minimum atomic E-state index is -4.83. The number of hydrogen-bond acceptors (Lipinski definition) is 3. The van der Waals surface area contributed by atoms with Crippen LogP contribution < -0.4 is 0 Å². The van der Waals surface area contributed by atoms with Crippen LogP contribution in [0, 0.1) is 17.8 Å². The van der Waals surface area contributed by atoms with Gasteiger partial charge in [-0.05, 0) is 23.0 Å². The highest BCUT2D eigenvalue weighted by atomic mass is 19.4. The molecule has 6 nitrogen and oxygen atoms in total. The molecule has 1 aromatic carbocycles. The summed E-state index contributed by atoms with van der Waals surface area (Å²) in [6, 6.07) is 7.13. The average Bonchev–Trinajstić information content (AvgIpc) is 2.95. The van der Waals surface area contributed by atoms with E-state index in [9.17, 15) is 22.8 Å². The number of aromatic nitrogens is 2. The van der Waals surface area contributed by atoms with E-state index in [1.807, 2.05) is 17.0 Å². The molecule has 4 rings (SSSR count). The SMILES string of the molecule is C[C@@H]1C2CN(Cc3ccc(Cn4cc(C(=O)O)c(C(F)(F)F)n4)cc3)C(=O)C21. The lowest BCUT2D eigenvalue weighted by Crippen LogP contribution is -2.29. The zero-order valence-electron chi connectivity index (χ0n) is 15.0. The van der Waals surface area contributed by atoms with Gasteiger partial charge in [0.25, 0.3) is 0 Å². The molecule has 1 aliphatic carbocycles. The average molecular weight is 393 g/mol. The molecule has 1 N–H and O–H groups in total. The number of amides is 1. The number of carbonyl (C=O) groups is 2. The van der Waals surface area contributed by atoms with Gasteiger partial charge in [-0.2, -0.15) is 18.3 Å². The van der Waals surface area contributed by atoms with E-state index in [-0.39, 0.29) is 18.4 Å². The molecule has 1 saturated heterocycles. The number of carboxylic acids is 1. The number of rotatable bonds is 5. The van der Waals surface area contributed by atoms with Gasteiger partial charge in [-0.25, -0.2) is 4.79 Å². The third-order valence-electron chi connectivity index (χ3n) is 5.59. The normalized spacial score (nSPS) is 23.8. The number of likely N-dealkylation sites (tertiary alicyclic amines) is 1. The van der Waals surface area contributed by atoms with Gasteiger partial charge < -0.3 is 10.0 Å². The number of nitrogens with zero attached hydrogens (tertiary/aromatic N) is 3. The number of halogens is 3. The number of piperidine rings is 1. The molecule has 1 aromatic heterocycles. The first kappa shape index (κ1) is 18.5. The minimum absolute atomic E-state index is 0.0148. The lowest BCUT2D eigenvalue weighted by molar-refractivity contribution is -0.142. The summed E-state index contributed by atoms with van der Waals surface area (Å²) in [4.78, 5) is 25.1. The van der Waals surface area contributed by atoms with Gasteiger partial charge in [0.2, 0.25) is 5.91 Å². The first-order chi connectivity index (χ1) is 13.1. The van der Waals surface area contributed by atoms with E-state index >= 15 is 0 Å². The molecular weight excluding hydrogens is 375 g/mol. The largest absolute Gasteiger partial charge is 0.478 e. The topological polar surface area (TPSA) is 75.4 Å². The monoisotopic (exact) mass is 393 g/mol. The second-order valence-corrected chi connectivity index (χ2v) is 7.48. The zero-order chi connectivity index (χ0) is 20.2. The number of fused-ring (bicyclic) bond motifs is 1. The fourth-order valence-electron chi connectivity index (χ4n) is 3.96. The highest BCUT2D eigenvalue weighted by Gasteiger charge is 2.58. The maximum atomic E-state index is 12.9. The zero-order valence-corrected chi connectivity index (χ0v) is 15.0. The van der Waals surface area contributed by atoms with Gasteiger partial charge >= 0.3 is 12.1 Å². The van der Waals surface area contributed by atoms with Gasteiger partial charge in [0.1, 0.15) is 5.56 Å². The second kappa shape index (κ2) is 6.35. The summed E-state index contributed by atoms with van der Waals surface area (Å²) in [7, 11) is 0. The summed E-state index contributed by atoms with van der Waals surface area (Å²) in [6.45, 7) is 3.40. The van der Waals surface area contributed by atoms with Crippen molar-refractivity contribution in [1.29, 1.82) is 0 Å². The van der Waals surface area contributed by atoms with Crippen molar-refractivity contribution in [3.05, 3.63) is 52.8 Å². The number of carbonyl (C=O) groups excluding carboxylic acids is 1. The molecule has 0 radical (unpaired) electrons. The number of alkyl halides is 3. The molecule has 2 unspecified atom stereocenters. The molecule has 148 valence electrons. The number of aromatic carboxylic acids is 1. The molecule has 9 heteroatoms. The van der Waals surface area contributed by atoms with Crippen LogP contribution in [0.25, 0.3) is 0 Å². The first-order valence-electron chi connectivity index (χ1n) is 8.89. The van der Waals surface area contributed by atoms with Crippen LogP contribution in [0.2, 0.25) is 0 Å². The third kappa shape index (κ3) is 3.25. The molecule has 0 bridgehead atoms. The van der Waals surface area contributed by atoms with E-state index in [2.05, 4.69) is 12.0 Å². The van der Waals surface area contributed by atoms with E-state index in [1.165, 1.54) is 0 Å². The van der Waals surface area contributed by atoms with Crippen molar-refractivity contribution in [3.63, 3.8) is 0 Å². The van der Waals surface area contributed by atoms with Crippen molar-refractivity contribution >= 4 is 11.9 Å². The van der Waals surface area contributed by atoms with E-state index in [1.54, 1.807) is 12.1 Å². The Labute approximate surface area is 158 Å². The van der Waals surface area contributed by atoms with Crippen LogP contribution in [0.3, 0.4) is 0 Å². The lowest BCUT2D eigenvalue weighted by atomic mass is 10.1. The molecule has 1 saturated carbocycles. The quantitative estimate of drug-likeness (QED) is 0.848. The maximum Gasteiger partial charge on any atom is 0.436 e. The Bertz CT molecular complexity index is 936.